The van der Waals surface area contributed by atoms with E-state index >= 15 is 0 Å². The summed E-state index contributed by atoms with van der Waals surface area (Å²) >= 11 is 0. The molecular weight excluding hydrogens is 1010 g/mol. The highest BCUT2D eigenvalue weighted by atomic mass is 16.7. The number of esters is 1. The van der Waals surface area contributed by atoms with E-state index in [9.17, 15) is 49.1 Å². The molecule has 2 saturated heterocycles. The molecule has 3 heterocycles. The van der Waals surface area contributed by atoms with Crippen molar-refractivity contribution in [3.05, 3.63) is 82.0 Å². The zero-order chi connectivity index (χ0) is 57.4. The second kappa shape index (κ2) is 29.7. The van der Waals surface area contributed by atoms with E-state index in [-0.39, 0.29) is 54.2 Å². The Morgan fingerprint density at radius 1 is 0.859 bits per heavy atom. The first-order valence-electron chi connectivity index (χ1n) is 27.6. The Morgan fingerprint density at radius 3 is 2.24 bits per heavy atom. The quantitative estimate of drug-likeness (QED) is 0.0585. The van der Waals surface area contributed by atoms with Crippen LogP contribution in [0, 0.1) is 45.6 Å². The number of piperidine rings is 1. The van der Waals surface area contributed by atoms with Crippen LogP contribution in [0.3, 0.4) is 0 Å². The molecule has 2 bridgehead atoms. The minimum Gasteiger partial charge on any atom is -0.460 e. The number of aliphatic hydroxyl groups excluding tert-OH is 1. The zero-order valence-electron chi connectivity index (χ0n) is 47.2. The maximum Gasteiger partial charge on any atom is 0.514 e. The highest BCUT2D eigenvalue weighted by molar-refractivity contribution is 6.39. The summed E-state index contributed by atoms with van der Waals surface area (Å²) in [5.41, 5.74) is 1.05. The van der Waals surface area contributed by atoms with Crippen LogP contribution >= 0.6 is 0 Å². The smallest absolute Gasteiger partial charge is 0.460 e. The van der Waals surface area contributed by atoms with E-state index in [1.807, 2.05) is 51.2 Å². The molecule has 15 atom stereocenters. The van der Waals surface area contributed by atoms with Crippen molar-refractivity contribution in [3.63, 3.8) is 0 Å². The number of non-ortho nitro benzene ring substituents is 1. The summed E-state index contributed by atoms with van der Waals surface area (Å²) in [6.07, 6.45) is 9.44. The number of hydrogen-bond acceptors (Lipinski definition) is 17. The molecule has 1 amide bonds. The normalized spacial score (nSPS) is 34.9. The number of benzene rings is 1. The molecular formula is C59H84N2O17. The van der Waals surface area contributed by atoms with Gasteiger partial charge in [0.15, 0.2) is 5.78 Å². The largest absolute Gasteiger partial charge is 0.514 e. The summed E-state index contributed by atoms with van der Waals surface area (Å²) in [6.45, 7) is 12.6. The lowest BCUT2D eigenvalue weighted by molar-refractivity contribution is -0.384. The Morgan fingerprint density at radius 2 is 1.58 bits per heavy atom. The molecule has 432 valence electrons. The van der Waals surface area contributed by atoms with Crippen molar-refractivity contribution < 1.29 is 77.1 Å². The van der Waals surface area contributed by atoms with Gasteiger partial charge >= 0.3 is 12.1 Å². The van der Waals surface area contributed by atoms with Crippen LogP contribution in [0.4, 0.5) is 10.5 Å². The van der Waals surface area contributed by atoms with E-state index in [0.717, 1.165) is 10.5 Å². The Hall–Kier alpha value is -5.44. The van der Waals surface area contributed by atoms with Gasteiger partial charge in [-0.2, -0.15) is 0 Å². The number of ether oxygens (including phenoxy) is 7. The van der Waals surface area contributed by atoms with Crippen LogP contribution in [0.2, 0.25) is 0 Å². The number of nitro groups is 1. The van der Waals surface area contributed by atoms with Crippen LogP contribution in [0.15, 0.2) is 71.9 Å². The molecule has 2 N–H and O–H groups in total. The number of nitrogens with zero attached hydrogens (tertiary/aromatic N) is 2. The lowest BCUT2D eigenvalue weighted by Gasteiger charge is -2.42. The average molecular weight is 1090 g/mol. The lowest BCUT2D eigenvalue weighted by Crippen LogP contribution is -2.61. The molecule has 78 heavy (non-hydrogen) atoms. The number of cyclic esters (lactones) is 1. The maximum absolute atomic E-state index is 14.6. The van der Waals surface area contributed by atoms with Crippen molar-refractivity contribution in [1.82, 2.24) is 4.90 Å². The van der Waals surface area contributed by atoms with E-state index in [1.165, 1.54) is 38.5 Å². The number of rotatable bonds is 9. The summed E-state index contributed by atoms with van der Waals surface area (Å²) in [7, 11) is 4.42. The fraction of sp³-hybridized carbons (Fsp3) is 0.661. The number of carbonyl (C=O) groups excluding carboxylic acids is 6. The van der Waals surface area contributed by atoms with Gasteiger partial charge < -0.3 is 48.3 Å². The van der Waals surface area contributed by atoms with Crippen molar-refractivity contribution in [2.75, 3.05) is 27.9 Å². The third kappa shape index (κ3) is 17.0. The van der Waals surface area contributed by atoms with Gasteiger partial charge in [0.05, 0.1) is 23.2 Å². The summed E-state index contributed by atoms with van der Waals surface area (Å²) in [4.78, 5) is 96.0. The zero-order valence-corrected chi connectivity index (χ0v) is 47.2. The molecule has 19 heteroatoms. The van der Waals surface area contributed by atoms with E-state index in [1.54, 1.807) is 34.0 Å². The first-order valence-corrected chi connectivity index (χ1v) is 27.6. The molecule has 1 aliphatic carbocycles. The number of nitro benzene ring substituents is 1. The van der Waals surface area contributed by atoms with Crippen molar-refractivity contribution in [1.29, 1.82) is 0 Å². The predicted molar refractivity (Wildman–Crippen MR) is 288 cm³/mol. The molecule has 3 fully saturated rings. The molecule has 2 unspecified atom stereocenters. The van der Waals surface area contributed by atoms with Crippen LogP contribution in [-0.4, -0.2) is 138 Å². The molecule has 0 radical (unpaired) electrons. The standard InChI is InChI=1S/C59H84N2O17/c1-35-16-12-11-13-17-36(2)49(72-8)33-45-25-21-41(7)59(69,78-45)55(65)56(66)60-29-15-14-18-46(60)57(67)76-50(34-47(62)38(4)30-40(6)53(64)54(74-10)52(63)37(3)20-19-35)39(5)31-42-22-28-48(51(32-42)73-9)77-58(68)75-44-26-23-43(24-27-44)61(70)71/h11-13,16-17,23-24,26-27,30,35,37-39,41-42,45-46,48-51,53-54,64,69H,14-15,18-22,25,28-29,31-34H2,1-10H3/b13-11+,16-12+,36-17?,40-30+/t35-,37-,38-,39-,41-,42+,45?,46+,48-,49+,50+,51-,53-,54+,59?/m1/s1. The van der Waals surface area contributed by atoms with E-state index in [4.69, 9.17) is 33.2 Å². The van der Waals surface area contributed by atoms with Crippen LogP contribution < -0.4 is 4.74 Å². The third-order valence-electron chi connectivity index (χ3n) is 16.3. The van der Waals surface area contributed by atoms with Crippen LogP contribution in [-0.2, 0) is 52.4 Å². The number of allylic oxidation sites excluding steroid dienone is 6. The van der Waals surface area contributed by atoms with Crippen LogP contribution in [0.5, 0.6) is 5.75 Å². The number of hydrogen-bond donors (Lipinski definition) is 2. The first kappa shape index (κ1) is 63.4. The van der Waals surface area contributed by atoms with Gasteiger partial charge in [0.1, 0.15) is 42.0 Å². The number of amides is 1. The van der Waals surface area contributed by atoms with Crippen molar-refractivity contribution in [2.24, 2.45) is 35.5 Å². The Balaban J connectivity index is 1.41. The monoisotopic (exact) mass is 1090 g/mol. The van der Waals surface area contributed by atoms with E-state index in [2.05, 4.69) is 6.92 Å². The first-order chi connectivity index (χ1) is 37.0. The van der Waals surface area contributed by atoms with Crippen molar-refractivity contribution >= 4 is 41.1 Å². The molecule has 1 aromatic rings. The molecule has 1 saturated carbocycles. The molecule has 3 aliphatic heterocycles. The number of ketones is 3. The number of Topliss-reactive ketones (excluding diaryl/α,β-unsaturated/α-hetero) is 3. The molecule has 0 aromatic heterocycles. The minimum atomic E-state index is -2.48. The van der Waals surface area contributed by atoms with Gasteiger partial charge in [-0.1, -0.05) is 71.1 Å². The highest BCUT2D eigenvalue weighted by Crippen LogP contribution is 2.38. The van der Waals surface area contributed by atoms with Crippen LogP contribution in [0.1, 0.15) is 132 Å². The van der Waals surface area contributed by atoms with E-state index in [0.29, 0.717) is 76.2 Å². The third-order valence-corrected chi connectivity index (χ3v) is 16.3. The number of carbonyl (C=O) groups is 6. The number of methoxy groups -OCH3 is 3. The highest BCUT2D eigenvalue weighted by Gasteiger charge is 2.53. The van der Waals surface area contributed by atoms with Crippen molar-refractivity contribution in [2.45, 2.75) is 186 Å². The molecule has 0 spiro atoms. The molecule has 4 aliphatic rings. The Labute approximate surface area is 459 Å². The molecule has 5 rings (SSSR count). The fourth-order valence-corrected chi connectivity index (χ4v) is 11.1. The molecule has 19 nitrogen and oxygen atoms in total. The van der Waals surface area contributed by atoms with Gasteiger partial charge in [-0.25, -0.2) is 9.59 Å². The number of fused-ring (bicyclic) bond motifs is 3. The van der Waals surface area contributed by atoms with E-state index < -0.39 is 107 Å². The van der Waals surface area contributed by atoms with Gasteiger partial charge in [-0.3, -0.25) is 29.3 Å². The predicted octanol–water partition coefficient (Wildman–Crippen LogP) is 8.70. The lowest BCUT2D eigenvalue weighted by atomic mass is 9.78. The van der Waals surface area contributed by atoms with Crippen molar-refractivity contribution in [3.8, 4) is 5.75 Å². The SMILES string of the molecule is CO[C@H]1CC2CC[C@@H](C)C(O)(O2)C(=O)C(=O)N2CCCC[C@H]2C(=O)O[C@H]([C@H](C)C[C@@H]2CC[C@@H](OC(=O)Oc3ccc([N+](=O)[O-])cc3)[C@H](OC)C2)CC(=O)[C@H](C)/C=C(\C)[C@@H](O)[C@@H](OC)C(=O)[C@H](C)CC[C@H](C)/C=C/C=C/C=C1C. The van der Waals surface area contributed by atoms with Gasteiger partial charge in [-0.15, -0.1) is 0 Å². The van der Waals surface area contributed by atoms with Gasteiger partial charge in [-0.05, 0) is 126 Å². The fourth-order valence-electron chi connectivity index (χ4n) is 11.1. The minimum absolute atomic E-state index is 0.0348. The number of aliphatic hydroxyl groups is 2. The Kier molecular flexibility index (Phi) is 24.1. The topological polar surface area (TPSA) is 254 Å². The second-order valence-electron chi connectivity index (χ2n) is 22.1. The molecule has 1 aromatic carbocycles. The van der Waals surface area contributed by atoms with Gasteiger partial charge in [0, 0.05) is 70.6 Å². The summed E-state index contributed by atoms with van der Waals surface area (Å²) in [5.74, 6) is -8.49. The summed E-state index contributed by atoms with van der Waals surface area (Å²) in [5, 5.41) is 34.6. The van der Waals surface area contributed by atoms with Gasteiger partial charge in [0.2, 0.25) is 5.79 Å². The van der Waals surface area contributed by atoms with Crippen LogP contribution in [0.25, 0.3) is 0 Å². The second-order valence-corrected chi connectivity index (χ2v) is 22.1. The maximum atomic E-state index is 14.6. The van der Waals surface area contributed by atoms with Gasteiger partial charge in [0.25, 0.3) is 17.4 Å². The summed E-state index contributed by atoms with van der Waals surface area (Å²) in [6, 6.07) is 3.77. The average Bonchev–Trinajstić information content (AvgIpc) is 3.44. The summed E-state index contributed by atoms with van der Waals surface area (Å²) < 4.78 is 40.7. The Bertz CT molecular complexity index is 2360.